The number of rotatable bonds is 0. The van der Waals surface area contributed by atoms with Gasteiger partial charge in [-0.3, -0.25) is 9.98 Å². The van der Waals surface area contributed by atoms with Gasteiger partial charge in [0.2, 0.25) is 0 Å². The molecule has 0 bridgehead atoms. The van der Waals surface area contributed by atoms with Crippen molar-refractivity contribution in [1.29, 1.82) is 0 Å². The molecule has 1 heterocycles. The summed E-state index contributed by atoms with van der Waals surface area (Å²) in [6.07, 6.45) is 1.46. The summed E-state index contributed by atoms with van der Waals surface area (Å²) in [6.45, 7) is 5.68. The second-order valence-corrected chi connectivity index (χ2v) is 3.32. The van der Waals surface area contributed by atoms with E-state index in [1.165, 1.54) is 11.8 Å². The number of thioether (sulfide) groups is 1. The van der Waals surface area contributed by atoms with Gasteiger partial charge in [0.25, 0.3) is 0 Å². The lowest BCUT2D eigenvalue weighted by atomic mass is 10.3. The summed E-state index contributed by atoms with van der Waals surface area (Å²) in [5.74, 6) is 0. The molecule has 0 saturated heterocycles. The van der Waals surface area contributed by atoms with Gasteiger partial charge in [-0.1, -0.05) is 18.3 Å². The van der Waals surface area contributed by atoms with E-state index in [2.05, 4.69) is 16.6 Å². The topological polar surface area (TPSA) is 50.7 Å². The molecule has 0 aromatic heterocycles. The van der Waals surface area contributed by atoms with Crippen LogP contribution < -0.4 is 5.73 Å². The van der Waals surface area contributed by atoms with Crippen molar-refractivity contribution in [2.24, 2.45) is 15.7 Å². The Morgan fingerprint density at radius 3 is 3.09 bits per heavy atom. The van der Waals surface area contributed by atoms with E-state index in [1.807, 2.05) is 6.92 Å². The van der Waals surface area contributed by atoms with E-state index in [-0.39, 0.29) is 12.2 Å². The van der Waals surface area contributed by atoms with Crippen molar-refractivity contribution in [3.05, 3.63) is 11.5 Å². The first-order chi connectivity index (χ1) is 5.20. The average Bonchev–Trinajstić information content (AvgIpc) is 1.98. The minimum absolute atomic E-state index is 0.0619. The third-order valence-corrected chi connectivity index (χ3v) is 2.02. The highest BCUT2D eigenvalue weighted by atomic mass is 32.2. The van der Waals surface area contributed by atoms with E-state index in [0.29, 0.717) is 0 Å². The van der Waals surface area contributed by atoms with Gasteiger partial charge in [0.05, 0.1) is 11.6 Å². The Hall–Kier alpha value is -0.610. The molecular formula is C7H11N3S. The first-order valence-electron chi connectivity index (χ1n) is 3.36. The Kier molecular flexibility index (Phi) is 2.84. The Bertz CT molecular complexity index is 210. The molecule has 2 atom stereocenters. The standard InChI is InChI=1S/C7H11N3S/c1-5-3-9-7(8)6(2)10-4-11-5/h3-4,6-7H,1,8H2,2H3/b9-3-,10-4?. The molecule has 0 fully saturated rings. The van der Waals surface area contributed by atoms with Gasteiger partial charge < -0.3 is 5.73 Å². The van der Waals surface area contributed by atoms with Crippen LogP contribution in [0.15, 0.2) is 21.5 Å². The van der Waals surface area contributed by atoms with E-state index in [0.717, 1.165) is 4.91 Å². The van der Waals surface area contributed by atoms with Gasteiger partial charge >= 0.3 is 0 Å². The van der Waals surface area contributed by atoms with Gasteiger partial charge in [-0.15, -0.1) is 0 Å². The molecule has 0 aliphatic carbocycles. The third-order valence-electron chi connectivity index (χ3n) is 1.38. The fraction of sp³-hybridized carbons (Fsp3) is 0.429. The molecule has 4 heteroatoms. The van der Waals surface area contributed by atoms with Crippen LogP contribution in [-0.4, -0.2) is 24.0 Å². The molecular weight excluding hydrogens is 158 g/mol. The fourth-order valence-corrected chi connectivity index (χ4v) is 1.12. The zero-order valence-electron chi connectivity index (χ0n) is 6.40. The summed E-state index contributed by atoms with van der Waals surface area (Å²) in [4.78, 5) is 9.09. The van der Waals surface area contributed by atoms with Crippen LogP contribution in [0.3, 0.4) is 0 Å². The van der Waals surface area contributed by atoms with Crippen LogP contribution >= 0.6 is 11.8 Å². The van der Waals surface area contributed by atoms with Crippen LogP contribution in [0.1, 0.15) is 6.92 Å². The highest BCUT2D eigenvalue weighted by Gasteiger charge is 2.09. The summed E-state index contributed by atoms with van der Waals surface area (Å²) in [6, 6.07) is 0.0619. The maximum Gasteiger partial charge on any atom is 0.119 e. The number of nitrogens with zero attached hydrogens (tertiary/aromatic N) is 2. The van der Waals surface area contributed by atoms with Crippen molar-refractivity contribution in [2.75, 3.05) is 0 Å². The van der Waals surface area contributed by atoms with E-state index < -0.39 is 0 Å². The van der Waals surface area contributed by atoms with Crippen LogP contribution in [0.4, 0.5) is 0 Å². The van der Waals surface area contributed by atoms with Crippen molar-refractivity contribution in [3.8, 4) is 0 Å². The smallest absolute Gasteiger partial charge is 0.119 e. The number of aliphatic imine (C=N–C) groups is 2. The molecule has 11 heavy (non-hydrogen) atoms. The van der Waals surface area contributed by atoms with Crippen molar-refractivity contribution in [2.45, 2.75) is 19.1 Å². The second kappa shape index (κ2) is 3.69. The Morgan fingerprint density at radius 1 is 1.64 bits per heavy atom. The fourth-order valence-electron chi connectivity index (χ4n) is 0.606. The molecule has 0 amide bonds. The molecule has 0 aromatic rings. The van der Waals surface area contributed by atoms with Crippen molar-refractivity contribution in [1.82, 2.24) is 0 Å². The molecule has 1 aliphatic heterocycles. The maximum atomic E-state index is 5.65. The highest BCUT2D eigenvalue weighted by Crippen LogP contribution is 2.11. The zero-order valence-corrected chi connectivity index (χ0v) is 7.21. The Morgan fingerprint density at radius 2 is 2.36 bits per heavy atom. The van der Waals surface area contributed by atoms with Crippen LogP contribution in [0.5, 0.6) is 0 Å². The monoisotopic (exact) mass is 169 g/mol. The zero-order chi connectivity index (χ0) is 8.27. The average molecular weight is 169 g/mol. The molecule has 0 aromatic carbocycles. The van der Waals surface area contributed by atoms with Crippen LogP contribution in [0.2, 0.25) is 0 Å². The number of hydrogen-bond acceptors (Lipinski definition) is 4. The van der Waals surface area contributed by atoms with E-state index in [9.17, 15) is 0 Å². The molecule has 3 nitrogen and oxygen atoms in total. The lowest BCUT2D eigenvalue weighted by molar-refractivity contribution is 0.589. The number of hydrogen-bond donors (Lipinski definition) is 1. The first-order valence-corrected chi connectivity index (χ1v) is 4.24. The minimum Gasteiger partial charge on any atom is -0.308 e. The molecule has 1 rings (SSSR count). The van der Waals surface area contributed by atoms with Gasteiger partial charge in [0.1, 0.15) is 6.17 Å². The summed E-state index contributed by atoms with van der Waals surface area (Å²) in [7, 11) is 0. The van der Waals surface area contributed by atoms with Gasteiger partial charge in [-0.2, -0.15) is 0 Å². The highest BCUT2D eigenvalue weighted by molar-refractivity contribution is 8.16. The van der Waals surface area contributed by atoms with Gasteiger partial charge in [-0.05, 0) is 6.92 Å². The number of allylic oxidation sites excluding steroid dienone is 1. The molecule has 0 spiro atoms. The minimum atomic E-state index is -0.233. The van der Waals surface area contributed by atoms with E-state index >= 15 is 0 Å². The van der Waals surface area contributed by atoms with E-state index in [4.69, 9.17) is 5.73 Å². The summed E-state index contributed by atoms with van der Waals surface area (Å²) >= 11 is 1.47. The molecule has 1 aliphatic rings. The maximum absolute atomic E-state index is 5.65. The summed E-state index contributed by atoms with van der Waals surface area (Å²) in [5, 5.41) is 0. The lowest BCUT2D eigenvalue weighted by Gasteiger charge is -2.12. The molecule has 60 valence electrons. The first kappa shape index (κ1) is 8.49. The van der Waals surface area contributed by atoms with Gasteiger partial charge in [-0.25, -0.2) is 0 Å². The molecule has 2 unspecified atom stereocenters. The van der Waals surface area contributed by atoms with Crippen LogP contribution in [0.25, 0.3) is 0 Å². The lowest BCUT2D eigenvalue weighted by Crippen LogP contribution is -2.29. The molecule has 0 saturated carbocycles. The molecule has 2 N–H and O–H groups in total. The Balaban J connectivity index is 2.70. The quantitative estimate of drug-likeness (QED) is 0.588. The Labute approximate surface area is 70.5 Å². The summed E-state index contributed by atoms with van der Waals surface area (Å²) < 4.78 is 0. The SMILES string of the molecule is C=C1/C=N\C(N)C(C)N=CS1. The van der Waals surface area contributed by atoms with Crippen molar-refractivity contribution < 1.29 is 0 Å². The van der Waals surface area contributed by atoms with Crippen molar-refractivity contribution in [3.63, 3.8) is 0 Å². The van der Waals surface area contributed by atoms with Crippen molar-refractivity contribution >= 4 is 23.5 Å². The van der Waals surface area contributed by atoms with Gasteiger partial charge in [0.15, 0.2) is 0 Å². The second-order valence-electron chi connectivity index (χ2n) is 2.35. The van der Waals surface area contributed by atoms with Crippen LogP contribution in [0, 0.1) is 0 Å². The van der Waals surface area contributed by atoms with Gasteiger partial charge in [0, 0.05) is 11.1 Å². The number of nitrogens with two attached hydrogens (primary N) is 1. The predicted molar refractivity (Wildman–Crippen MR) is 51.2 cm³/mol. The normalized spacial score (nSPS) is 34.5. The third kappa shape index (κ3) is 2.48. The largest absolute Gasteiger partial charge is 0.308 e. The van der Waals surface area contributed by atoms with E-state index in [1.54, 1.807) is 11.8 Å². The summed E-state index contributed by atoms with van der Waals surface area (Å²) in [5.41, 5.74) is 7.41. The molecule has 0 radical (unpaired) electrons. The predicted octanol–water partition coefficient (Wildman–Crippen LogP) is 1.02. The van der Waals surface area contributed by atoms with Crippen LogP contribution in [-0.2, 0) is 0 Å².